The van der Waals surface area contributed by atoms with Crippen LogP contribution in [0.1, 0.15) is 16.1 Å². The zero-order valence-corrected chi connectivity index (χ0v) is 19.8. The number of para-hydroxylation sites is 1. The number of anilines is 1. The Hall–Kier alpha value is -4.55. The number of carbonyl (C=O) groups is 1. The predicted octanol–water partition coefficient (Wildman–Crippen LogP) is 5.26. The van der Waals surface area contributed by atoms with Crippen molar-refractivity contribution in [2.45, 2.75) is 6.54 Å². The van der Waals surface area contributed by atoms with E-state index in [1.54, 1.807) is 6.20 Å². The maximum absolute atomic E-state index is 13.1. The van der Waals surface area contributed by atoms with Gasteiger partial charge in [-0.2, -0.15) is 0 Å². The SMILES string of the molecule is NCc1ccc(-c2nc3ccnc(C(=O)NCCNc4ccccc4)c3cc2-c2ccccc2)cc1. The summed E-state index contributed by atoms with van der Waals surface area (Å²) in [7, 11) is 0. The van der Waals surface area contributed by atoms with Crippen LogP contribution in [-0.2, 0) is 6.54 Å². The summed E-state index contributed by atoms with van der Waals surface area (Å²) in [5.41, 5.74) is 12.7. The van der Waals surface area contributed by atoms with Crippen LogP contribution in [0, 0.1) is 0 Å². The van der Waals surface area contributed by atoms with Crippen LogP contribution in [0.25, 0.3) is 33.3 Å². The second-order valence-corrected chi connectivity index (χ2v) is 8.43. The number of fused-ring (bicyclic) bond motifs is 1. The number of hydrogen-bond acceptors (Lipinski definition) is 5. The first-order valence-corrected chi connectivity index (χ1v) is 11.9. The van der Waals surface area contributed by atoms with E-state index in [0.717, 1.165) is 39.2 Å². The Morgan fingerprint density at radius 2 is 1.53 bits per heavy atom. The number of rotatable bonds is 8. The average Bonchev–Trinajstić information content (AvgIpc) is 2.95. The first kappa shape index (κ1) is 23.2. The molecule has 2 heterocycles. The minimum Gasteiger partial charge on any atom is -0.383 e. The lowest BCUT2D eigenvalue weighted by atomic mass is 9.96. The van der Waals surface area contributed by atoms with Crippen molar-refractivity contribution in [2.24, 2.45) is 5.73 Å². The molecule has 0 saturated heterocycles. The van der Waals surface area contributed by atoms with E-state index < -0.39 is 0 Å². The fourth-order valence-electron chi connectivity index (χ4n) is 4.16. The molecule has 0 saturated carbocycles. The highest BCUT2D eigenvalue weighted by atomic mass is 16.1. The molecule has 5 aromatic rings. The van der Waals surface area contributed by atoms with Gasteiger partial charge in [0.2, 0.25) is 0 Å². The lowest BCUT2D eigenvalue weighted by molar-refractivity contribution is 0.0952. The summed E-state index contributed by atoms with van der Waals surface area (Å²) in [6, 6.07) is 32.0. The number of hydrogen-bond donors (Lipinski definition) is 3. The van der Waals surface area contributed by atoms with Gasteiger partial charge in [-0.25, -0.2) is 4.98 Å². The molecule has 4 N–H and O–H groups in total. The second kappa shape index (κ2) is 10.8. The molecule has 6 nitrogen and oxygen atoms in total. The Morgan fingerprint density at radius 3 is 2.25 bits per heavy atom. The molecule has 0 aliphatic rings. The molecule has 0 radical (unpaired) electrons. The summed E-state index contributed by atoms with van der Waals surface area (Å²) in [5, 5.41) is 6.99. The molecule has 0 spiro atoms. The summed E-state index contributed by atoms with van der Waals surface area (Å²) in [6.45, 7) is 1.56. The number of carbonyl (C=O) groups excluding carboxylic acids is 1. The van der Waals surface area contributed by atoms with E-state index in [0.29, 0.717) is 30.7 Å². The molecule has 0 aliphatic heterocycles. The van der Waals surface area contributed by atoms with Gasteiger partial charge in [0.25, 0.3) is 5.91 Å². The quantitative estimate of drug-likeness (QED) is 0.267. The fourth-order valence-corrected chi connectivity index (χ4v) is 4.16. The van der Waals surface area contributed by atoms with Crippen LogP contribution < -0.4 is 16.4 Å². The van der Waals surface area contributed by atoms with Crippen molar-refractivity contribution in [3.8, 4) is 22.4 Å². The van der Waals surface area contributed by atoms with E-state index in [9.17, 15) is 4.79 Å². The highest BCUT2D eigenvalue weighted by Gasteiger charge is 2.17. The van der Waals surface area contributed by atoms with Gasteiger partial charge in [0.15, 0.2) is 0 Å². The molecule has 2 aromatic heterocycles. The van der Waals surface area contributed by atoms with Gasteiger partial charge in [-0.1, -0.05) is 72.8 Å². The van der Waals surface area contributed by atoms with Crippen molar-refractivity contribution in [1.82, 2.24) is 15.3 Å². The third-order valence-corrected chi connectivity index (χ3v) is 6.02. The Kier molecular flexibility index (Phi) is 6.96. The standard InChI is InChI=1S/C30H27N5O/c31-20-21-11-13-23(14-12-21)28-25(22-7-3-1-4-8-22)19-26-27(35-28)15-16-33-29(26)30(36)34-18-17-32-24-9-5-2-6-10-24/h1-16,19,32H,17-18,20,31H2,(H,34,36). The van der Waals surface area contributed by atoms with Gasteiger partial charge in [-0.05, 0) is 35.4 Å². The van der Waals surface area contributed by atoms with Crippen LogP contribution in [0.2, 0.25) is 0 Å². The maximum atomic E-state index is 13.1. The average molecular weight is 474 g/mol. The van der Waals surface area contributed by atoms with Gasteiger partial charge >= 0.3 is 0 Å². The molecule has 0 fully saturated rings. The Labute approximate surface area is 210 Å². The van der Waals surface area contributed by atoms with E-state index in [4.69, 9.17) is 10.7 Å². The molecule has 36 heavy (non-hydrogen) atoms. The van der Waals surface area contributed by atoms with E-state index in [1.807, 2.05) is 97.1 Å². The van der Waals surface area contributed by atoms with Crippen LogP contribution in [0.4, 0.5) is 5.69 Å². The van der Waals surface area contributed by atoms with Crippen molar-refractivity contribution in [1.29, 1.82) is 0 Å². The fraction of sp³-hybridized carbons (Fsp3) is 0.100. The van der Waals surface area contributed by atoms with E-state index in [-0.39, 0.29) is 5.91 Å². The van der Waals surface area contributed by atoms with Crippen LogP contribution in [0.15, 0.2) is 103 Å². The molecule has 0 unspecified atom stereocenters. The molecule has 6 heteroatoms. The topological polar surface area (TPSA) is 92.9 Å². The Balaban J connectivity index is 1.48. The maximum Gasteiger partial charge on any atom is 0.270 e. The van der Waals surface area contributed by atoms with Crippen molar-refractivity contribution in [2.75, 3.05) is 18.4 Å². The number of nitrogens with two attached hydrogens (primary N) is 1. The normalized spacial score (nSPS) is 10.8. The van der Waals surface area contributed by atoms with Crippen LogP contribution >= 0.6 is 0 Å². The van der Waals surface area contributed by atoms with Gasteiger partial charge in [0.05, 0.1) is 11.2 Å². The molecular formula is C30H27N5O. The van der Waals surface area contributed by atoms with Crippen molar-refractivity contribution in [3.05, 3.63) is 115 Å². The molecule has 1 amide bonds. The summed E-state index contributed by atoms with van der Waals surface area (Å²) >= 11 is 0. The first-order chi connectivity index (χ1) is 17.7. The molecular weight excluding hydrogens is 446 g/mol. The van der Waals surface area contributed by atoms with Gasteiger partial charge < -0.3 is 16.4 Å². The molecule has 0 atom stereocenters. The third kappa shape index (κ3) is 5.09. The van der Waals surface area contributed by atoms with Crippen molar-refractivity contribution < 1.29 is 4.79 Å². The second-order valence-electron chi connectivity index (χ2n) is 8.43. The van der Waals surface area contributed by atoms with Crippen molar-refractivity contribution >= 4 is 22.5 Å². The highest BCUT2D eigenvalue weighted by Crippen LogP contribution is 2.34. The molecule has 178 valence electrons. The summed E-state index contributed by atoms with van der Waals surface area (Å²) in [5.74, 6) is -0.226. The Bertz CT molecular complexity index is 1470. The lowest BCUT2D eigenvalue weighted by Gasteiger charge is -2.14. The monoisotopic (exact) mass is 473 g/mol. The number of pyridine rings is 2. The number of nitrogens with zero attached hydrogens (tertiary/aromatic N) is 2. The zero-order valence-electron chi connectivity index (χ0n) is 19.8. The number of aromatic nitrogens is 2. The number of nitrogens with one attached hydrogen (secondary N) is 2. The number of benzene rings is 3. The minimum atomic E-state index is -0.226. The number of amides is 1. The van der Waals surface area contributed by atoms with E-state index >= 15 is 0 Å². The largest absolute Gasteiger partial charge is 0.383 e. The van der Waals surface area contributed by atoms with E-state index in [1.165, 1.54) is 0 Å². The first-order valence-electron chi connectivity index (χ1n) is 11.9. The van der Waals surface area contributed by atoms with Crippen LogP contribution in [0.3, 0.4) is 0 Å². The molecule has 0 bridgehead atoms. The van der Waals surface area contributed by atoms with Gasteiger partial charge in [0, 0.05) is 48.0 Å². The van der Waals surface area contributed by atoms with Gasteiger partial charge in [-0.3, -0.25) is 9.78 Å². The summed E-state index contributed by atoms with van der Waals surface area (Å²) in [4.78, 5) is 22.5. The zero-order chi connectivity index (χ0) is 24.7. The summed E-state index contributed by atoms with van der Waals surface area (Å²) < 4.78 is 0. The minimum absolute atomic E-state index is 0.226. The predicted molar refractivity (Wildman–Crippen MR) is 146 cm³/mol. The van der Waals surface area contributed by atoms with Gasteiger partial charge in [-0.15, -0.1) is 0 Å². The van der Waals surface area contributed by atoms with Crippen LogP contribution in [0.5, 0.6) is 0 Å². The van der Waals surface area contributed by atoms with Gasteiger partial charge in [0.1, 0.15) is 5.69 Å². The van der Waals surface area contributed by atoms with E-state index in [2.05, 4.69) is 15.6 Å². The summed E-state index contributed by atoms with van der Waals surface area (Å²) in [6.07, 6.45) is 1.63. The third-order valence-electron chi connectivity index (χ3n) is 6.02. The lowest BCUT2D eigenvalue weighted by Crippen LogP contribution is -2.29. The molecule has 5 rings (SSSR count). The van der Waals surface area contributed by atoms with Crippen molar-refractivity contribution in [3.63, 3.8) is 0 Å². The highest BCUT2D eigenvalue weighted by molar-refractivity contribution is 6.06. The molecule has 0 aliphatic carbocycles. The molecule has 3 aromatic carbocycles. The van der Waals surface area contributed by atoms with Crippen LogP contribution in [-0.4, -0.2) is 29.0 Å². The Morgan fingerprint density at radius 1 is 0.806 bits per heavy atom. The smallest absolute Gasteiger partial charge is 0.270 e.